The van der Waals surface area contributed by atoms with Gasteiger partial charge in [-0.25, -0.2) is 0 Å². The van der Waals surface area contributed by atoms with Crippen LogP contribution in [0.1, 0.15) is 30.0 Å². The van der Waals surface area contributed by atoms with Crippen molar-refractivity contribution in [1.82, 2.24) is 15.1 Å². The van der Waals surface area contributed by atoms with Gasteiger partial charge in [0.15, 0.2) is 0 Å². The molecule has 0 bridgehead atoms. The molecule has 1 aliphatic heterocycles. The molecule has 0 aromatic carbocycles. The summed E-state index contributed by atoms with van der Waals surface area (Å²) in [5, 5.41) is 7.87. The average Bonchev–Trinajstić information content (AvgIpc) is 2.55. The quantitative estimate of drug-likeness (QED) is 0.795. The molecule has 84 valence electrons. The Morgan fingerprint density at radius 2 is 2.33 bits per heavy atom. The van der Waals surface area contributed by atoms with Gasteiger partial charge in [-0.05, 0) is 20.8 Å². The van der Waals surface area contributed by atoms with Crippen LogP contribution in [0.2, 0.25) is 0 Å². The number of aromatic nitrogens is 2. The van der Waals surface area contributed by atoms with Gasteiger partial charge in [-0.1, -0.05) is 0 Å². The highest BCUT2D eigenvalue weighted by atomic mass is 16.5. The lowest BCUT2D eigenvalue weighted by Gasteiger charge is -2.24. The van der Waals surface area contributed by atoms with Gasteiger partial charge in [0.2, 0.25) is 0 Å². The fourth-order valence-corrected chi connectivity index (χ4v) is 2.24. The number of aryl methyl sites for hydroxylation is 2. The van der Waals surface area contributed by atoms with Crippen LogP contribution < -0.4 is 5.32 Å². The van der Waals surface area contributed by atoms with Crippen molar-refractivity contribution in [2.24, 2.45) is 0 Å². The second-order valence-electron chi connectivity index (χ2n) is 3.96. The molecule has 2 rings (SSSR count). The van der Waals surface area contributed by atoms with Gasteiger partial charge in [-0.3, -0.25) is 4.68 Å². The Morgan fingerprint density at radius 3 is 2.87 bits per heavy atom. The fraction of sp³-hybridized carbons (Fsp3) is 0.727. The molecule has 1 saturated heterocycles. The summed E-state index contributed by atoms with van der Waals surface area (Å²) in [6.45, 7) is 9.87. The summed E-state index contributed by atoms with van der Waals surface area (Å²) in [6.07, 6.45) is 0.180. The summed E-state index contributed by atoms with van der Waals surface area (Å²) in [5.74, 6) is 0. The second-order valence-corrected chi connectivity index (χ2v) is 3.96. The molecule has 0 radical (unpaired) electrons. The smallest absolute Gasteiger partial charge is 0.0985 e. The number of nitrogens with one attached hydrogen (secondary N) is 1. The summed E-state index contributed by atoms with van der Waals surface area (Å²) >= 11 is 0. The van der Waals surface area contributed by atoms with Crippen LogP contribution in [0.5, 0.6) is 0 Å². The van der Waals surface area contributed by atoms with Gasteiger partial charge >= 0.3 is 0 Å². The van der Waals surface area contributed by atoms with Crippen molar-refractivity contribution in [3.05, 3.63) is 17.0 Å². The van der Waals surface area contributed by atoms with Crippen LogP contribution in [0, 0.1) is 13.8 Å². The number of ether oxygens (including phenoxy) is 1. The van der Waals surface area contributed by atoms with Crippen molar-refractivity contribution in [2.75, 3.05) is 19.7 Å². The maximum atomic E-state index is 5.77. The van der Waals surface area contributed by atoms with E-state index in [1.165, 1.54) is 11.3 Å². The highest BCUT2D eigenvalue weighted by Gasteiger charge is 2.22. The number of hydrogen-bond donors (Lipinski definition) is 1. The van der Waals surface area contributed by atoms with E-state index >= 15 is 0 Å². The number of hydrogen-bond acceptors (Lipinski definition) is 3. The average molecular weight is 209 g/mol. The van der Waals surface area contributed by atoms with Crippen LogP contribution in [0.3, 0.4) is 0 Å². The molecule has 4 nitrogen and oxygen atoms in total. The summed E-state index contributed by atoms with van der Waals surface area (Å²) in [6, 6.07) is 0. The fourth-order valence-electron chi connectivity index (χ4n) is 2.24. The second kappa shape index (κ2) is 4.33. The third kappa shape index (κ3) is 1.92. The molecule has 1 aliphatic rings. The Balaban J connectivity index is 2.29. The molecule has 15 heavy (non-hydrogen) atoms. The summed E-state index contributed by atoms with van der Waals surface area (Å²) < 4.78 is 7.81. The number of rotatable bonds is 2. The highest BCUT2D eigenvalue weighted by Crippen LogP contribution is 2.25. The van der Waals surface area contributed by atoms with Crippen molar-refractivity contribution in [3.63, 3.8) is 0 Å². The first-order chi connectivity index (χ1) is 7.24. The Labute approximate surface area is 90.6 Å². The Hall–Kier alpha value is -0.870. The van der Waals surface area contributed by atoms with E-state index in [4.69, 9.17) is 4.74 Å². The lowest BCUT2D eigenvalue weighted by atomic mass is 10.1. The summed E-state index contributed by atoms with van der Waals surface area (Å²) in [5.41, 5.74) is 3.61. The lowest BCUT2D eigenvalue weighted by molar-refractivity contribution is 0.0269. The Bertz CT molecular complexity index is 340. The predicted octanol–water partition coefficient (Wildman–Crippen LogP) is 1.18. The normalized spacial score (nSPS) is 21.9. The first-order valence-electron chi connectivity index (χ1n) is 5.60. The van der Waals surface area contributed by atoms with E-state index in [9.17, 15) is 0 Å². The topological polar surface area (TPSA) is 39.1 Å². The molecule has 0 saturated carbocycles. The summed E-state index contributed by atoms with van der Waals surface area (Å²) in [4.78, 5) is 0. The largest absolute Gasteiger partial charge is 0.371 e. The van der Waals surface area contributed by atoms with E-state index in [1.807, 2.05) is 4.68 Å². The zero-order chi connectivity index (χ0) is 10.8. The van der Waals surface area contributed by atoms with Crippen molar-refractivity contribution in [2.45, 2.75) is 33.4 Å². The summed E-state index contributed by atoms with van der Waals surface area (Å²) in [7, 11) is 0. The van der Waals surface area contributed by atoms with Crippen LogP contribution in [0.25, 0.3) is 0 Å². The molecule has 1 aromatic rings. The zero-order valence-corrected chi connectivity index (χ0v) is 9.71. The molecule has 1 fully saturated rings. The molecule has 4 heteroatoms. The van der Waals surface area contributed by atoms with E-state index in [0.29, 0.717) is 0 Å². The molecule has 2 heterocycles. The molecule has 1 aromatic heterocycles. The van der Waals surface area contributed by atoms with Crippen molar-refractivity contribution in [3.8, 4) is 0 Å². The first-order valence-corrected chi connectivity index (χ1v) is 5.60. The van der Waals surface area contributed by atoms with Gasteiger partial charge in [0, 0.05) is 30.9 Å². The van der Waals surface area contributed by atoms with Gasteiger partial charge < -0.3 is 10.1 Å². The van der Waals surface area contributed by atoms with E-state index in [1.54, 1.807) is 0 Å². The molecule has 1 atom stereocenters. The molecule has 0 aliphatic carbocycles. The minimum atomic E-state index is 0.180. The molecular weight excluding hydrogens is 190 g/mol. The minimum Gasteiger partial charge on any atom is -0.371 e. The van der Waals surface area contributed by atoms with Crippen molar-refractivity contribution < 1.29 is 4.74 Å². The molecule has 0 amide bonds. The molecule has 0 spiro atoms. The van der Waals surface area contributed by atoms with E-state index in [0.717, 1.165) is 31.9 Å². The maximum absolute atomic E-state index is 5.77. The number of nitrogens with zero attached hydrogens (tertiary/aromatic N) is 2. The van der Waals surface area contributed by atoms with Gasteiger partial charge in [0.25, 0.3) is 0 Å². The monoisotopic (exact) mass is 209 g/mol. The van der Waals surface area contributed by atoms with Gasteiger partial charge in [0.1, 0.15) is 0 Å². The third-order valence-corrected chi connectivity index (χ3v) is 2.99. The van der Waals surface area contributed by atoms with Crippen molar-refractivity contribution in [1.29, 1.82) is 0 Å². The van der Waals surface area contributed by atoms with Crippen LogP contribution in [-0.4, -0.2) is 29.5 Å². The predicted molar refractivity (Wildman–Crippen MR) is 58.9 cm³/mol. The van der Waals surface area contributed by atoms with Gasteiger partial charge in [0.05, 0.1) is 18.4 Å². The van der Waals surface area contributed by atoms with Crippen LogP contribution in [0.4, 0.5) is 0 Å². The standard InChI is InChI=1S/C11H19N3O/c1-4-14-9(3)11(8(2)13-14)10-7-12-5-6-15-10/h10,12H,4-7H2,1-3H3. The SMILES string of the molecule is CCn1nc(C)c(C2CNCCO2)c1C. The van der Waals surface area contributed by atoms with Gasteiger partial charge in [-0.15, -0.1) is 0 Å². The highest BCUT2D eigenvalue weighted by molar-refractivity contribution is 5.27. The molecule has 1 unspecified atom stereocenters. The van der Waals surface area contributed by atoms with E-state index in [-0.39, 0.29) is 6.10 Å². The first kappa shape index (κ1) is 10.6. The zero-order valence-electron chi connectivity index (χ0n) is 9.71. The van der Waals surface area contributed by atoms with E-state index in [2.05, 4.69) is 31.2 Å². The van der Waals surface area contributed by atoms with Crippen LogP contribution in [-0.2, 0) is 11.3 Å². The lowest BCUT2D eigenvalue weighted by Crippen LogP contribution is -2.33. The Kier molecular flexibility index (Phi) is 3.07. The van der Waals surface area contributed by atoms with Crippen molar-refractivity contribution >= 4 is 0 Å². The van der Waals surface area contributed by atoms with E-state index < -0.39 is 0 Å². The van der Waals surface area contributed by atoms with Crippen LogP contribution in [0.15, 0.2) is 0 Å². The van der Waals surface area contributed by atoms with Gasteiger partial charge in [-0.2, -0.15) is 5.10 Å². The van der Waals surface area contributed by atoms with Crippen LogP contribution >= 0.6 is 0 Å². The maximum Gasteiger partial charge on any atom is 0.0985 e. The number of morpholine rings is 1. The third-order valence-electron chi connectivity index (χ3n) is 2.99. The Morgan fingerprint density at radius 1 is 1.53 bits per heavy atom. The minimum absolute atomic E-state index is 0.180. The molecule has 1 N–H and O–H groups in total. The molecular formula is C11H19N3O.